The van der Waals surface area contributed by atoms with Crippen LogP contribution in [0.2, 0.25) is 0 Å². The van der Waals surface area contributed by atoms with Crippen LogP contribution in [-0.4, -0.2) is 45.9 Å². The molecule has 0 spiro atoms. The van der Waals surface area contributed by atoms with Gasteiger partial charge in [0.1, 0.15) is 0 Å². The van der Waals surface area contributed by atoms with E-state index >= 15 is 0 Å². The fourth-order valence-electron chi connectivity index (χ4n) is 2.50. The minimum atomic E-state index is -3.46. The fraction of sp³-hybridized carbons (Fsp3) is 0.333. The van der Waals surface area contributed by atoms with E-state index in [1.54, 1.807) is 24.3 Å². The molecule has 0 atom stereocenters. The predicted molar refractivity (Wildman–Crippen MR) is 95.4 cm³/mol. The molecule has 0 amide bonds. The van der Waals surface area contributed by atoms with Crippen molar-refractivity contribution in [3.8, 4) is 5.75 Å². The monoisotopic (exact) mass is 366 g/mol. The van der Waals surface area contributed by atoms with E-state index in [9.17, 15) is 12.8 Å². The lowest BCUT2D eigenvalue weighted by Crippen LogP contribution is -2.22. The van der Waals surface area contributed by atoms with Crippen molar-refractivity contribution in [1.29, 1.82) is 0 Å². The first kappa shape index (κ1) is 19.4. The van der Waals surface area contributed by atoms with Crippen molar-refractivity contribution in [2.75, 3.05) is 28.3 Å². The standard InChI is InChI=1S/C18H23FN2O3S/c1-20(2)25(22,23)16-7-5-6-14(10-16)12-21(3)13-15-8-9-18(24-4)17(19)11-15/h5-11H,12-13H2,1-4H3. The van der Waals surface area contributed by atoms with Crippen molar-refractivity contribution < 1.29 is 17.5 Å². The molecule has 25 heavy (non-hydrogen) atoms. The summed E-state index contributed by atoms with van der Waals surface area (Å²) < 4.78 is 44.3. The van der Waals surface area contributed by atoms with Crippen LogP contribution in [0.1, 0.15) is 11.1 Å². The molecular formula is C18H23FN2O3S. The molecule has 0 saturated carbocycles. The molecular weight excluding hydrogens is 343 g/mol. The number of rotatable bonds is 7. The van der Waals surface area contributed by atoms with E-state index in [-0.39, 0.29) is 10.6 Å². The largest absolute Gasteiger partial charge is 0.494 e. The van der Waals surface area contributed by atoms with Gasteiger partial charge in [0.2, 0.25) is 10.0 Å². The summed E-state index contributed by atoms with van der Waals surface area (Å²) in [6.45, 7) is 1.08. The number of hydrogen-bond donors (Lipinski definition) is 0. The molecule has 136 valence electrons. The minimum Gasteiger partial charge on any atom is -0.494 e. The molecule has 2 aromatic rings. The van der Waals surface area contributed by atoms with Gasteiger partial charge in [-0.3, -0.25) is 4.90 Å². The minimum absolute atomic E-state index is 0.216. The van der Waals surface area contributed by atoms with Crippen LogP contribution in [0.4, 0.5) is 4.39 Å². The number of nitrogens with zero attached hydrogens (tertiary/aromatic N) is 2. The maximum atomic E-state index is 13.8. The van der Waals surface area contributed by atoms with Gasteiger partial charge in [-0.2, -0.15) is 0 Å². The zero-order chi connectivity index (χ0) is 18.6. The van der Waals surface area contributed by atoms with Crippen molar-refractivity contribution in [3.63, 3.8) is 0 Å². The zero-order valence-electron chi connectivity index (χ0n) is 14.9. The highest BCUT2D eigenvalue weighted by Crippen LogP contribution is 2.20. The lowest BCUT2D eigenvalue weighted by molar-refractivity contribution is 0.317. The second kappa shape index (κ2) is 7.95. The summed E-state index contributed by atoms with van der Waals surface area (Å²) >= 11 is 0. The first-order valence-corrected chi connectivity index (χ1v) is 9.20. The Labute approximate surface area is 148 Å². The van der Waals surface area contributed by atoms with Gasteiger partial charge in [-0.15, -0.1) is 0 Å². The van der Waals surface area contributed by atoms with Gasteiger partial charge in [-0.25, -0.2) is 17.1 Å². The summed E-state index contributed by atoms with van der Waals surface area (Å²) in [5.41, 5.74) is 1.69. The number of hydrogen-bond acceptors (Lipinski definition) is 4. The summed E-state index contributed by atoms with van der Waals surface area (Å²) in [5, 5.41) is 0. The summed E-state index contributed by atoms with van der Waals surface area (Å²) in [7, 11) is 2.88. The molecule has 0 N–H and O–H groups in total. The van der Waals surface area contributed by atoms with Crippen LogP contribution >= 0.6 is 0 Å². The quantitative estimate of drug-likeness (QED) is 0.756. The number of ether oxygens (including phenoxy) is 1. The van der Waals surface area contributed by atoms with Crippen molar-refractivity contribution in [3.05, 3.63) is 59.4 Å². The second-order valence-corrected chi connectivity index (χ2v) is 8.23. The van der Waals surface area contributed by atoms with Crippen LogP contribution in [0.3, 0.4) is 0 Å². The Bertz CT molecular complexity index is 838. The second-order valence-electron chi connectivity index (χ2n) is 6.08. The predicted octanol–water partition coefficient (Wildman–Crippen LogP) is 2.72. The van der Waals surface area contributed by atoms with E-state index in [0.29, 0.717) is 13.1 Å². The average Bonchev–Trinajstić information content (AvgIpc) is 2.55. The van der Waals surface area contributed by atoms with Crippen LogP contribution < -0.4 is 4.74 Å². The van der Waals surface area contributed by atoms with E-state index in [4.69, 9.17) is 4.74 Å². The molecule has 2 rings (SSSR count). The van der Waals surface area contributed by atoms with Gasteiger partial charge in [0, 0.05) is 27.2 Å². The third-order valence-electron chi connectivity index (χ3n) is 3.80. The highest BCUT2D eigenvalue weighted by Gasteiger charge is 2.17. The van der Waals surface area contributed by atoms with Crippen molar-refractivity contribution in [2.24, 2.45) is 0 Å². The molecule has 2 aromatic carbocycles. The van der Waals surface area contributed by atoms with Crippen LogP contribution in [0.5, 0.6) is 5.75 Å². The highest BCUT2D eigenvalue weighted by molar-refractivity contribution is 7.89. The topological polar surface area (TPSA) is 49.9 Å². The Kier molecular flexibility index (Phi) is 6.16. The maximum Gasteiger partial charge on any atom is 0.242 e. The molecule has 0 radical (unpaired) electrons. The molecule has 0 bridgehead atoms. The van der Waals surface area contributed by atoms with Crippen molar-refractivity contribution in [2.45, 2.75) is 18.0 Å². The maximum absolute atomic E-state index is 13.8. The number of halogens is 1. The summed E-state index contributed by atoms with van der Waals surface area (Å²) in [4.78, 5) is 2.25. The van der Waals surface area contributed by atoms with Crippen molar-refractivity contribution >= 4 is 10.0 Å². The molecule has 0 aliphatic heterocycles. The van der Waals surface area contributed by atoms with Crippen LogP contribution in [0.15, 0.2) is 47.4 Å². The van der Waals surface area contributed by atoms with Gasteiger partial charge in [-0.05, 0) is 42.4 Å². The fourth-order valence-corrected chi connectivity index (χ4v) is 3.48. The van der Waals surface area contributed by atoms with Gasteiger partial charge < -0.3 is 4.74 Å². The third-order valence-corrected chi connectivity index (χ3v) is 5.61. The summed E-state index contributed by atoms with van der Waals surface area (Å²) in [6, 6.07) is 11.7. The normalized spacial score (nSPS) is 12.0. The van der Waals surface area contributed by atoms with Gasteiger partial charge in [-0.1, -0.05) is 18.2 Å². The highest BCUT2D eigenvalue weighted by atomic mass is 32.2. The van der Waals surface area contributed by atoms with E-state index in [1.165, 1.54) is 31.6 Å². The van der Waals surface area contributed by atoms with E-state index in [1.807, 2.05) is 24.1 Å². The summed E-state index contributed by atoms with van der Waals surface area (Å²) in [5.74, 6) is -0.180. The van der Waals surface area contributed by atoms with Gasteiger partial charge >= 0.3 is 0 Å². The van der Waals surface area contributed by atoms with E-state index in [2.05, 4.69) is 0 Å². The first-order valence-electron chi connectivity index (χ1n) is 7.76. The molecule has 0 aliphatic carbocycles. The molecule has 0 fully saturated rings. The molecule has 5 nitrogen and oxygen atoms in total. The van der Waals surface area contributed by atoms with Crippen LogP contribution in [0.25, 0.3) is 0 Å². The van der Waals surface area contributed by atoms with Crippen LogP contribution in [0, 0.1) is 5.82 Å². The Morgan fingerprint density at radius 1 is 1.00 bits per heavy atom. The molecule has 0 saturated heterocycles. The number of methoxy groups -OCH3 is 1. The zero-order valence-corrected chi connectivity index (χ0v) is 15.7. The van der Waals surface area contributed by atoms with Gasteiger partial charge in [0.25, 0.3) is 0 Å². The summed E-state index contributed by atoms with van der Waals surface area (Å²) in [6.07, 6.45) is 0. The van der Waals surface area contributed by atoms with Gasteiger partial charge in [0.15, 0.2) is 11.6 Å². The molecule has 0 heterocycles. The molecule has 7 heteroatoms. The molecule has 0 aromatic heterocycles. The Hall–Kier alpha value is -1.96. The smallest absolute Gasteiger partial charge is 0.242 e. The number of sulfonamides is 1. The Balaban J connectivity index is 2.11. The number of benzene rings is 2. The average molecular weight is 366 g/mol. The SMILES string of the molecule is COc1ccc(CN(C)Cc2cccc(S(=O)(=O)N(C)C)c2)cc1F. The van der Waals surface area contributed by atoms with Gasteiger partial charge in [0.05, 0.1) is 12.0 Å². The lowest BCUT2D eigenvalue weighted by Gasteiger charge is -2.18. The first-order chi connectivity index (χ1) is 11.7. The lowest BCUT2D eigenvalue weighted by atomic mass is 10.1. The van der Waals surface area contributed by atoms with E-state index in [0.717, 1.165) is 11.1 Å². The van der Waals surface area contributed by atoms with Crippen LogP contribution in [-0.2, 0) is 23.1 Å². The Morgan fingerprint density at radius 3 is 2.20 bits per heavy atom. The molecule has 0 aliphatic rings. The van der Waals surface area contributed by atoms with E-state index < -0.39 is 15.8 Å². The molecule has 0 unspecified atom stereocenters. The van der Waals surface area contributed by atoms with Crippen molar-refractivity contribution in [1.82, 2.24) is 9.21 Å². The Morgan fingerprint density at radius 2 is 1.64 bits per heavy atom. The third kappa shape index (κ3) is 4.78.